The number of nitrogens with zero attached hydrogens (tertiary/aromatic N) is 1. The molecule has 1 atom stereocenters. The second-order valence-corrected chi connectivity index (χ2v) is 4.91. The maximum Gasteiger partial charge on any atom is 0.316 e. The first-order valence-electron chi connectivity index (χ1n) is 6.30. The molecule has 1 aliphatic carbocycles. The maximum atomic E-state index is 11.2. The molecule has 0 saturated heterocycles. The van der Waals surface area contributed by atoms with Gasteiger partial charge in [-0.3, -0.25) is 0 Å². The highest BCUT2D eigenvalue weighted by molar-refractivity contribution is 5.73. The second kappa shape index (κ2) is 6.74. The van der Waals surface area contributed by atoms with Gasteiger partial charge in [-0.25, -0.2) is 4.79 Å². The average Bonchev–Trinajstić information content (AvgIpc) is 2.76. The van der Waals surface area contributed by atoms with Crippen LogP contribution in [0, 0.1) is 5.92 Å². The summed E-state index contributed by atoms with van der Waals surface area (Å²) in [7, 11) is 3.51. The minimum atomic E-state index is -0.0182. The van der Waals surface area contributed by atoms with Crippen molar-refractivity contribution in [3.05, 3.63) is 0 Å². The van der Waals surface area contributed by atoms with E-state index in [0.29, 0.717) is 12.6 Å². The van der Waals surface area contributed by atoms with E-state index in [1.54, 1.807) is 19.0 Å². The van der Waals surface area contributed by atoms with Crippen molar-refractivity contribution in [1.82, 2.24) is 15.5 Å². The largest absolute Gasteiger partial charge is 0.337 e. The fourth-order valence-electron chi connectivity index (χ4n) is 2.25. The number of hydrogen-bond donors (Lipinski definition) is 2. The first-order valence-corrected chi connectivity index (χ1v) is 6.30. The molecule has 0 spiro atoms. The van der Waals surface area contributed by atoms with Crippen LogP contribution >= 0.6 is 0 Å². The van der Waals surface area contributed by atoms with E-state index in [-0.39, 0.29) is 6.03 Å². The fraction of sp³-hybridized carbons (Fsp3) is 0.917. The molecule has 2 N–H and O–H groups in total. The predicted molar refractivity (Wildman–Crippen MR) is 66.5 cm³/mol. The van der Waals surface area contributed by atoms with Crippen molar-refractivity contribution in [3.8, 4) is 0 Å². The Morgan fingerprint density at radius 3 is 2.50 bits per heavy atom. The zero-order valence-electron chi connectivity index (χ0n) is 10.8. The molecule has 0 radical (unpaired) electrons. The van der Waals surface area contributed by atoms with E-state index in [2.05, 4.69) is 17.6 Å². The van der Waals surface area contributed by atoms with Crippen LogP contribution in [-0.2, 0) is 0 Å². The highest BCUT2D eigenvalue weighted by Crippen LogP contribution is 2.27. The van der Waals surface area contributed by atoms with Gasteiger partial charge < -0.3 is 15.5 Å². The summed E-state index contributed by atoms with van der Waals surface area (Å²) >= 11 is 0. The molecule has 4 nitrogen and oxygen atoms in total. The Labute approximate surface area is 98.8 Å². The van der Waals surface area contributed by atoms with Gasteiger partial charge in [0, 0.05) is 33.2 Å². The summed E-state index contributed by atoms with van der Waals surface area (Å²) in [5, 5.41) is 6.34. The summed E-state index contributed by atoms with van der Waals surface area (Å²) in [6, 6.07) is 0.564. The Balaban J connectivity index is 2.04. The number of hydrogen-bond acceptors (Lipinski definition) is 2. The zero-order valence-corrected chi connectivity index (χ0v) is 10.8. The standard InChI is InChI=1S/C12H25N3O/c1-10(11-6-4-5-7-11)13-8-9-14-12(16)15(2)3/h10-11,13H,4-9H2,1-3H3,(H,14,16). The molecule has 1 unspecified atom stereocenters. The molecule has 1 saturated carbocycles. The van der Waals surface area contributed by atoms with Crippen molar-refractivity contribution < 1.29 is 4.79 Å². The third-order valence-electron chi connectivity index (χ3n) is 3.38. The molecule has 0 aromatic rings. The van der Waals surface area contributed by atoms with Crippen LogP contribution in [0.1, 0.15) is 32.6 Å². The summed E-state index contributed by atoms with van der Waals surface area (Å²) < 4.78 is 0. The molecule has 4 heteroatoms. The Morgan fingerprint density at radius 2 is 1.94 bits per heavy atom. The highest BCUT2D eigenvalue weighted by Gasteiger charge is 2.20. The fourth-order valence-corrected chi connectivity index (χ4v) is 2.25. The number of urea groups is 1. The van der Waals surface area contributed by atoms with Crippen LogP contribution in [0.3, 0.4) is 0 Å². The molecule has 1 aliphatic rings. The SMILES string of the molecule is CC(NCCNC(=O)N(C)C)C1CCCC1. The topological polar surface area (TPSA) is 44.4 Å². The van der Waals surface area contributed by atoms with Gasteiger partial charge in [-0.15, -0.1) is 0 Å². The van der Waals surface area contributed by atoms with Crippen LogP contribution in [0.4, 0.5) is 4.79 Å². The molecule has 0 aliphatic heterocycles. The molecular weight excluding hydrogens is 202 g/mol. The van der Waals surface area contributed by atoms with Crippen molar-refractivity contribution in [2.45, 2.75) is 38.6 Å². The van der Waals surface area contributed by atoms with Crippen LogP contribution in [-0.4, -0.2) is 44.2 Å². The third-order valence-corrected chi connectivity index (χ3v) is 3.38. The monoisotopic (exact) mass is 227 g/mol. The second-order valence-electron chi connectivity index (χ2n) is 4.91. The number of rotatable bonds is 5. The minimum absolute atomic E-state index is 0.0182. The van der Waals surface area contributed by atoms with Crippen LogP contribution in [0.5, 0.6) is 0 Å². The van der Waals surface area contributed by atoms with Crippen LogP contribution < -0.4 is 10.6 Å². The molecule has 94 valence electrons. The summed E-state index contributed by atoms with van der Waals surface area (Å²) in [5.41, 5.74) is 0. The number of carbonyl (C=O) groups is 1. The summed E-state index contributed by atoms with van der Waals surface area (Å²) in [4.78, 5) is 12.8. The van der Waals surface area contributed by atoms with E-state index in [1.165, 1.54) is 25.7 Å². The first-order chi connectivity index (χ1) is 7.61. The molecule has 2 amide bonds. The lowest BCUT2D eigenvalue weighted by molar-refractivity contribution is 0.217. The lowest BCUT2D eigenvalue weighted by atomic mass is 10.00. The third kappa shape index (κ3) is 4.39. The molecule has 0 aromatic heterocycles. The van der Waals surface area contributed by atoms with E-state index in [9.17, 15) is 4.79 Å². The van der Waals surface area contributed by atoms with Gasteiger partial charge in [0.25, 0.3) is 0 Å². The smallest absolute Gasteiger partial charge is 0.316 e. The van der Waals surface area contributed by atoms with Gasteiger partial charge in [0.15, 0.2) is 0 Å². The van der Waals surface area contributed by atoms with Gasteiger partial charge >= 0.3 is 6.03 Å². The van der Waals surface area contributed by atoms with Crippen LogP contribution in [0.15, 0.2) is 0 Å². The quantitative estimate of drug-likeness (QED) is 0.698. The van der Waals surface area contributed by atoms with Crippen molar-refractivity contribution in [2.75, 3.05) is 27.2 Å². The lowest BCUT2D eigenvalue weighted by Crippen LogP contribution is -2.41. The van der Waals surface area contributed by atoms with Gasteiger partial charge in [0.2, 0.25) is 0 Å². The zero-order chi connectivity index (χ0) is 12.0. The van der Waals surface area contributed by atoms with Crippen molar-refractivity contribution >= 4 is 6.03 Å². The Morgan fingerprint density at radius 1 is 1.31 bits per heavy atom. The van der Waals surface area contributed by atoms with Crippen molar-refractivity contribution in [2.24, 2.45) is 5.92 Å². The van der Waals surface area contributed by atoms with E-state index in [4.69, 9.17) is 0 Å². The summed E-state index contributed by atoms with van der Waals surface area (Å²) in [6.07, 6.45) is 5.48. The molecule has 0 aromatic carbocycles. The summed E-state index contributed by atoms with van der Waals surface area (Å²) in [5.74, 6) is 0.838. The minimum Gasteiger partial charge on any atom is -0.337 e. The molecular formula is C12H25N3O. The average molecular weight is 227 g/mol. The normalized spacial score (nSPS) is 18.4. The number of nitrogens with one attached hydrogen (secondary N) is 2. The summed E-state index contributed by atoms with van der Waals surface area (Å²) in [6.45, 7) is 3.81. The molecule has 1 fully saturated rings. The molecule has 0 bridgehead atoms. The van der Waals surface area contributed by atoms with Gasteiger partial charge in [-0.05, 0) is 25.7 Å². The van der Waals surface area contributed by atoms with Gasteiger partial charge in [-0.2, -0.15) is 0 Å². The van der Waals surface area contributed by atoms with Gasteiger partial charge in [0.05, 0.1) is 0 Å². The number of carbonyl (C=O) groups excluding carboxylic acids is 1. The van der Waals surface area contributed by atoms with E-state index >= 15 is 0 Å². The van der Waals surface area contributed by atoms with E-state index < -0.39 is 0 Å². The van der Waals surface area contributed by atoms with Crippen LogP contribution in [0.25, 0.3) is 0 Å². The van der Waals surface area contributed by atoms with Crippen LogP contribution in [0.2, 0.25) is 0 Å². The highest BCUT2D eigenvalue weighted by atomic mass is 16.2. The number of amides is 2. The molecule has 1 rings (SSSR count). The Bertz CT molecular complexity index is 212. The van der Waals surface area contributed by atoms with Crippen molar-refractivity contribution in [3.63, 3.8) is 0 Å². The Hall–Kier alpha value is -0.770. The molecule has 16 heavy (non-hydrogen) atoms. The van der Waals surface area contributed by atoms with Crippen molar-refractivity contribution in [1.29, 1.82) is 0 Å². The lowest BCUT2D eigenvalue weighted by Gasteiger charge is -2.20. The van der Waals surface area contributed by atoms with Gasteiger partial charge in [-0.1, -0.05) is 12.8 Å². The van der Waals surface area contributed by atoms with Gasteiger partial charge in [0.1, 0.15) is 0 Å². The first kappa shape index (κ1) is 13.3. The Kier molecular flexibility index (Phi) is 5.60. The van der Waals surface area contributed by atoms with E-state index in [1.807, 2.05) is 0 Å². The predicted octanol–water partition coefficient (Wildman–Crippen LogP) is 1.43. The molecule has 0 heterocycles. The van der Waals surface area contributed by atoms with E-state index in [0.717, 1.165) is 12.5 Å². The maximum absolute atomic E-state index is 11.2.